The maximum Gasteiger partial charge on any atom is 0.338 e. The first kappa shape index (κ1) is 20.0. The number of amides is 2. The average Bonchev–Trinajstić information content (AvgIpc) is 2.63. The number of anilines is 2. The standard InChI is InChI=1S/C18H15F3N2O4/c1-2-27-18(26)10-3-5-11(6-4-10)22-14(24)9-15(25)23-13-8-7-12(19)16(20)17(13)21/h3-8H,2,9H2,1H3,(H,22,24)(H,23,25). The second kappa shape index (κ2) is 8.84. The van der Waals surface area contributed by atoms with E-state index in [1.807, 2.05) is 5.32 Å². The lowest BCUT2D eigenvalue weighted by atomic mass is 10.2. The van der Waals surface area contributed by atoms with E-state index in [9.17, 15) is 27.6 Å². The van der Waals surface area contributed by atoms with Gasteiger partial charge in [-0.2, -0.15) is 0 Å². The number of carbonyl (C=O) groups is 3. The van der Waals surface area contributed by atoms with Gasteiger partial charge >= 0.3 is 5.97 Å². The van der Waals surface area contributed by atoms with Crippen LogP contribution in [0.2, 0.25) is 0 Å². The molecule has 0 spiro atoms. The van der Waals surface area contributed by atoms with Crippen molar-refractivity contribution in [2.24, 2.45) is 0 Å². The summed E-state index contributed by atoms with van der Waals surface area (Å²) < 4.78 is 44.3. The first-order valence-corrected chi connectivity index (χ1v) is 7.82. The molecule has 9 heteroatoms. The summed E-state index contributed by atoms with van der Waals surface area (Å²) in [5.74, 6) is -6.82. The van der Waals surface area contributed by atoms with E-state index >= 15 is 0 Å². The lowest BCUT2D eigenvalue weighted by Crippen LogP contribution is -2.22. The fourth-order valence-corrected chi connectivity index (χ4v) is 2.07. The van der Waals surface area contributed by atoms with Crippen LogP contribution in [0.5, 0.6) is 0 Å². The van der Waals surface area contributed by atoms with E-state index in [-0.39, 0.29) is 6.61 Å². The molecule has 0 atom stereocenters. The van der Waals surface area contributed by atoms with Crippen LogP contribution >= 0.6 is 0 Å². The Balaban J connectivity index is 1.92. The highest BCUT2D eigenvalue weighted by Gasteiger charge is 2.17. The smallest absolute Gasteiger partial charge is 0.338 e. The summed E-state index contributed by atoms with van der Waals surface area (Å²) in [7, 11) is 0. The minimum absolute atomic E-state index is 0.227. The van der Waals surface area contributed by atoms with Gasteiger partial charge in [-0.15, -0.1) is 0 Å². The van der Waals surface area contributed by atoms with Crippen LogP contribution in [0, 0.1) is 17.5 Å². The van der Waals surface area contributed by atoms with Crippen LogP contribution in [0.4, 0.5) is 24.5 Å². The maximum absolute atomic E-state index is 13.5. The average molecular weight is 380 g/mol. The van der Waals surface area contributed by atoms with Crippen molar-refractivity contribution in [3.05, 3.63) is 59.4 Å². The number of halogens is 3. The number of hydrogen-bond acceptors (Lipinski definition) is 4. The van der Waals surface area contributed by atoms with Crippen molar-refractivity contribution in [2.45, 2.75) is 13.3 Å². The Morgan fingerprint density at radius 3 is 2.15 bits per heavy atom. The predicted octanol–water partition coefficient (Wildman–Crippen LogP) is 3.25. The first-order valence-electron chi connectivity index (χ1n) is 7.82. The number of nitrogens with one attached hydrogen (secondary N) is 2. The minimum Gasteiger partial charge on any atom is -0.462 e. The van der Waals surface area contributed by atoms with Crippen molar-refractivity contribution < 1.29 is 32.3 Å². The van der Waals surface area contributed by atoms with Gasteiger partial charge in [0.05, 0.1) is 17.9 Å². The Morgan fingerprint density at radius 1 is 0.889 bits per heavy atom. The van der Waals surface area contributed by atoms with Crippen LogP contribution in [0.15, 0.2) is 36.4 Å². The summed E-state index contributed by atoms with van der Waals surface area (Å²) in [6.45, 7) is 1.90. The second-order valence-electron chi connectivity index (χ2n) is 5.29. The summed E-state index contributed by atoms with van der Waals surface area (Å²) >= 11 is 0. The van der Waals surface area contributed by atoms with Gasteiger partial charge in [-0.25, -0.2) is 18.0 Å². The number of rotatable bonds is 6. The Morgan fingerprint density at radius 2 is 1.52 bits per heavy atom. The van der Waals surface area contributed by atoms with Gasteiger partial charge in [0, 0.05) is 5.69 Å². The topological polar surface area (TPSA) is 84.5 Å². The van der Waals surface area contributed by atoms with Gasteiger partial charge in [-0.3, -0.25) is 9.59 Å². The molecule has 6 nitrogen and oxygen atoms in total. The van der Waals surface area contributed by atoms with E-state index in [4.69, 9.17) is 4.74 Å². The maximum atomic E-state index is 13.5. The fraction of sp³-hybridized carbons (Fsp3) is 0.167. The summed E-state index contributed by atoms with van der Waals surface area (Å²) in [6.07, 6.45) is -0.682. The molecule has 0 aliphatic rings. The van der Waals surface area contributed by atoms with Gasteiger partial charge in [0.1, 0.15) is 6.42 Å². The summed E-state index contributed by atoms with van der Waals surface area (Å²) in [5.41, 5.74) is 0.0340. The molecule has 2 N–H and O–H groups in total. The highest BCUT2D eigenvalue weighted by atomic mass is 19.2. The number of hydrogen-bond donors (Lipinski definition) is 2. The van der Waals surface area contributed by atoms with Crippen LogP contribution in [0.3, 0.4) is 0 Å². The van der Waals surface area contributed by atoms with E-state index < -0.39 is 47.3 Å². The number of benzene rings is 2. The number of esters is 1. The molecule has 2 rings (SSSR count). The molecule has 0 fully saturated rings. The largest absolute Gasteiger partial charge is 0.462 e. The molecule has 0 heterocycles. The molecule has 0 bridgehead atoms. The third-order valence-electron chi connectivity index (χ3n) is 3.31. The third kappa shape index (κ3) is 5.30. The zero-order valence-corrected chi connectivity index (χ0v) is 14.1. The van der Waals surface area contributed by atoms with E-state index in [1.54, 1.807) is 6.92 Å². The molecule has 0 aromatic heterocycles. The molecule has 0 saturated carbocycles. The van der Waals surface area contributed by atoms with Crippen LogP contribution in [-0.4, -0.2) is 24.4 Å². The molecule has 0 saturated heterocycles. The molecule has 0 radical (unpaired) electrons. The van der Waals surface area contributed by atoms with Crippen LogP contribution in [0.1, 0.15) is 23.7 Å². The summed E-state index contributed by atoms with van der Waals surface area (Å²) in [4.78, 5) is 35.1. The first-order chi connectivity index (χ1) is 12.8. The molecule has 2 aromatic rings. The van der Waals surface area contributed by atoms with Crippen molar-refractivity contribution in [3.63, 3.8) is 0 Å². The highest BCUT2D eigenvalue weighted by molar-refractivity contribution is 6.08. The Hall–Kier alpha value is -3.36. The molecule has 2 aromatic carbocycles. The normalized spacial score (nSPS) is 10.2. The second-order valence-corrected chi connectivity index (χ2v) is 5.29. The Labute approximate surface area is 152 Å². The fourth-order valence-electron chi connectivity index (χ4n) is 2.07. The van der Waals surface area contributed by atoms with Crippen molar-refractivity contribution in [2.75, 3.05) is 17.2 Å². The summed E-state index contributed by atoms with van der Waals surface area (Å²) in [5, 5.41) is 4.40. The zero-order valence-electron chi connectivity index (χ0n) is 14.1. The van der Waals surface area contributed by atoms with E-state index in [1.165, 1.54) is 24.3 Å². The zero-order chi connectivity index (χ0) is 20.0. The summed E-state index contributed by atoms with van der Waals surface area (Å²) in [6, 6.07) is 7.25. The van der Waals surface area contributed by atoms with Gasteiger partial charge in [-0.05, 0) is 43.3 Å². The molecular formula is C18H15F3N2O4. The molecular weight excluding hydrogens is 365 g/mol. The number of carbonyl (C=O) groups excluding carboxylic acids is 3. The van der Waals surface area contributed by atoms with Gasteiger partial charge in [0.15, 0.2) is 17.5 Å². The van der Waals surface area contributed by atoms with Crippen molar-refractivity contribution >= 4 is 29.2 Å². The van der Waals surface area contributed by atoms with Gasteiger partial charge in [0.25, 0.3) is 0 Å². The van der Waals surface area contributed by atoms with Crippen molar-refractivity contribution in [1.29, 1.82) is 0 Å². The molecule has 27 heavy (non-hydrogen) atoms. The van der Waals surface area contributed by atoms with Gasteiger partial charge in [0.2, 0.25) is 11.8 Å². The quantitative estimate of drug-likeness (QED) is 0.458. The van der Waals surface area contributed by atoms with Gasteiger partial charge < -0.3 is 15.4 Å². The van der Waals surface area contributed by atoms with Crippen molar-refractivity contribution in [1.82, 2.24) is 0 Å². The predicted molar refractivity (Wildman–Crippen MR) is 90.6 cm³/mol. The van der Waals surface area contributed by atoms with E-state index in [2.05, 4.69) is 5.32 Å². The van der Waals surface area contributed by atoms with Crippen LogP contribution in [0.25, 0.3) is 0 Å². The van der Waals surface area contributed by atoms with Crippen LogP contribution in [-0.2, 0) is 14.3 Å². The molecule has 2 amide bonds. The molecule has 0 aliphatic carbocycles. The highest BCUT2D eigenvalue weighted by Crippen LogP contribution is 2.19. The van der Waals surface area contributed by atoms with Crippen molar-refractivity contribution in [3.8, 4) is 0 Å². The lowest BCUT2D eigenvalue weighted by molar-refractivity contribution is -0.123. The van der Waals surface area contributed by atoms with Crippen LogP contribution < -0.4 is 10.6 Å². The van der Waals surface area contributed by atoms with E-state index in [0.29, 0.717) is 17.3 Å². The third-order valence-corrected chi connectivity index (χ3v) is 3.31. The lowest BCUT2D eigenvalue weighted by Gasteiger charge is -2.08. The molecule has 142 valence electrons. The van der Waals surface area contributed by atoms with E-state index in [0.717, 1.165) is 6.07 Å². The minimum atomic E-state index is -1.72. The number of ether oxygens (including phenoxy) is 1. The molecule has 0 aliphatic heterocycles. The Bertz CT molecular complexity index is 870. The SMILES string of the molecule is CCOC(=O)c1ccc(NC(=O)CC(=O)Nc2ccc(F)c(F)c2F)cc1. The molecule has 0 unspecified atom stereocenters. The Kier molecular flexibility index (Phi) is 6.53. The van der Waals surface area contributed by atoms with Gasteiger partial charge in [-0.1, -0.05) is 0 Å². The monoisotopic (exact) mass is 380 g/mol.